The lowest BCUT2D eigenvalue weighted by molar-refractivity contribution is -0.146. The van der Waals surface area contributed by atoms with Crippen molar-refractivity contribution in [2.24, 2.45) is 17.8 Å². The number of methoxy groups -OCH3 is 1. The molecule has 0 heterocycles. The molecule has 60 valence electrons. The molecule has 0 aliphatic heterocycles. The van der Waals surface area contributed by atoms with E-state index in [1.165, 1.54) is 13.5 Å². The molecule has 0 aromatic rings. The number of fused-ring (bicyclic) bond motifs is 2. The van der Waals surface area contributed by atoms with E-state index in [9.17, 15) is 4.79 Å². The number of allylic oxidation sites excluding steroid dienone is 2. The maximum atomic E-state index is 11.1. The molecule has 0 saturated heterocycles. The van der Waals surface area contributed by atoms with Gasteiger partial charge in [0.15, 0.2) is 0 Å². The van der Waals surface area contributed by atoms with E-state index in [4.69, 9.17) is 4.74 Å². The maximum absolute atomic E-state index is 11.1. The topological polar surface area (TPSA) is 26.3 Å². The summed E-state index contributed by atoms with van der Waals surface area (Å²) in [6.07, 6.45) is 6.56. The summed E-state index contributed by atoms with van der Waals surface area (Å²) in [5, 5.41) is 0. The third-order valence-electron chi connectivity index (χ3n) is 2.78. The van der Waals surface area contributed by atoms with Crippen molar-refractivity contribution in [3.05, 3.63) is 12.2 Å². The number of hydrogen-bond donors (Lipinski definition) is 0. The van der Waals surface area contributed by atoms with E-state index in [0.29, 0.717) is 11.8 Å². The van der Waals surface area contributed by atoms with Crippen LogP contribution in [0.25, 0.3) is 0 Å². The highest BCUT2D eigenvalue weighted by atomic mass is 16.5. The van der Waals surface area contributed by atoms with Gasteiger partial charge in [-0.25, -0.2) is 0 Å². The van der Waals surface area contributed by atoms with E-state index >= 15 is 0 Å². The molecule has 0 spiro atoms. The molecule has 2 aliphatic carbocycles. The predicted octanol–water partition coefficient (Wildman–Crippen LogP) is 1.37. The summed E-state index contributed by atoms with van der Waals surface area (Å²) < 4.78 is 4.71. The van der Waals surface area contributed by atoms with Crippen molar-refractivity contribution < 1.29 is 9.53 Å². The Labute approximate surface area is 66.2 Å². The summed E-state index contributed by atoms with van der Waals surface area (Å²) in [5.41, 5.74) is 0. The molecule has 2 nitrogen and oxygen atoms in total. The highest BCUT2D eigenvalue weighted by Gasteiger charge is 2.40. The molecule has 2 bridgehead atoms. The molecule has 0 radical (unpaired) electrons. The Morgan fingerprint density at radius 3 is 2.73 bits per heavy atom. The van der Waals surface area contributed by atoms with Crippen LogP contribution in [0.1, 0.15) is 12.8 Å². The monoisotopic (exact) mass is 152 g/mol. The van der Waals surface area contributed by atoms with Gasteiger partial charge in [0.1, 0.15) is 0 Å². The van der Waals surface area contributed by atoms with Gasteiger partial charge < -0.3 is 4.74 Å². The van der Waals surface area contributed by atoms with Gasteiger partial charge in [0.05, 0.1) is 13.0 Å². The summed E-state index contributed by atoms with van der Waals surface area (Å²) in [6, 6.07) is 0. The van der Waals surface area contributed by atoms with Gasteiger partial charge in [-0.1, -0.05) is 12.2 Å². The average Bonchev–Trinajstić information content (AvgIpc) is 2.62. The Kier molecular flexibility index (Phi) is 1.48. The molecule has 0 aromatic heterocycles. The minimum absolute atomic E-state index is 0.0261. The van der Waals surface area contributed by atoms with Crippen LogP contribution in [-0.2, 0) is 9.53 Å². The van der Waals surface area contributed by atoms with Crippen LogP contribution in [0.15, 0.2) is 12.2 Å². The van der Waals surface area contributed by atoms with E-state index in [1.54, 1.807) is 0 Å². The fourth-order valence-corrected chi connectivity index (χ4v) is 2.20. The Balaban J connectivity index is 2.08. The Morgan fingerprint density at radius 2 is 2.27 bits per heavy atom. The van der Waals surface area contributed by atoms with Crippen molar-refractivity contribution in [1.29, 1.82) is 0 Å². The predicted molar refractivity (Wildman–Crippen MR) is 40.9 cm³/mol. The van der Waals surface area contributed by atoms with Crippen LogP contribution < -0.4 is 0 Å². The zero-order chi connectivity index (χ0) is 7.84. The number of carbonyl (C=O) groups excluding carboxylic acids is 1. The fourth-order valence-electron chi connectivity index (χ4n) is 2.20. The first-order chi connectivity index (χ1) is 5.31. The summed E-state index contributed by atoms with van der Waals surface area (Å²) in [4.78, 5) is 11.1. The van der Waals surface area contributed by atoms with Crippen LogP contribution in [0, 0.1) is 17.8 Å². The molecule has 11 heavy (non-hydrogen) atoms. The van der Waals surface area contributed by atoms with E-state index in [2.05, 4.69) is 12.2 Å². The molecule has 0 amide bonds. The molecule has 0 N–H and O–H groups in total. The first-order valence-corrected chi connectivity index (χ1v) is 4.07. The van der Waals surface area contributed by atoms with Crippen LogP contribution in [0.4, 0.5) is 0 Å². The van der Waals surface area contributed by atoms with Crippen molar-refractivity contribution in [3.8, 4) is 0 Å². The lowest BCUT2D eigenvalue weighted by Crippen LogP contribution is -2.19. The molecule has 0 aromatic carbocycles. The molecule has 2 heteroatoms. The number of carbonyl (C=O) groups is 1. The SMILES string of the molecule is COC(=O)C1CC2C=C[C@H]1C2. The van der Waals surface area contributed by atoms with Crippen molar-refractivity contribution in [2.75, 3.05) is 7.11 Å². The largest absolute Gasteiger partial charge is 0.469 e. The van der Waals surface area contributed by atoms with Gasteiger partial charge >= 0.3 is 5.97 Å². The second-order valence-electron chi connectivity index (χ2n) is 3.41. The van der Waals surface area contributed by atoms with Crippen molar-refractivity contribution in [2.45, 2.75) is 12.8 Å². The standard InChI is InChI=1S/C9H12O2/c1-11-9(10)8-5-6-2-3-7(8)4-6/h2-3,6-8H,4-5H2,1H3/t6?,7-,8?/m0/s1. The highest BCUT2D eigenvalue weighted by molar-refractivity contribution is 5.73. The van der Waals surface area contributed by atoms with Gasteiger partial charge in [0, 0.05) is 0 Å². The van der Waals surface area contributed by atoms with E-state index in [0.717, 1.165) is 6.42 Å². The Hall–Kier alpha value is -0.790. The Bertz CT molecular complexity index is 208. The molecule has 2 aliphatic rings. The minimum Gasteiger partial charge on any atom is -0.469 e. The molecule has 1 saturated carbocycles. The average molecular weight is 152 g/mol. The smallest absolute Gasteiger partial charge is 0.309 e. The highest BCUT2D eigenvalue weighted by Crippen LogP contribution is 2.43. The lowest BCUT2D eigenvalue weighted by atomic mass is 9.94. The second-order valence-corrected chi connectivity index (χ2v) is 3.41. The maximum Gasteiger partial charge on any atom is 0.309 e. The van der Waals surface area contributed by atoms with E-state index < -0.39 is 0 Å². The van der Waals surface area contributed by atoms with Crippen molar-refractivity contribution in [1.82, 2.24) is 0 Å². The van der Waals surface area contributed by atoms with Gasteiger partial charge in [-0.05, 0) is 24.7 Å². The third kappa shape index (κ3) is 0.971. The van der Waals surface area contributed by atoms with Crippen LogP contribution in [-0.4, -0.2) is 13.1 Å². The van der Waals surface area contributed by atoms with Gasteiger partial charge in [-0.3, -0.25) is 4.79 Å². The van der Waals surface area contributed by atoms with Gasteiger partial charge in [-0.15, -0.1) is 0 Å². The summed E-state index contributed by atoms with van der Waals surface area (Å²) >= 11 is 0. The molecular weight excluding hydrogens is 140 g/mol. The van der Waals surface area contributed by atoms with Crippen molar-refractivity contribution >= 4 is 5.97 Å². The van der Waals surface area contributed by atoms with Crippen molar-refractivity contribution in [3.63, 3.8) is 0 Å². The zero-order valence-electron chi connectivity index (χ0n) is 6.62. The fraction of sp³-hybridized carbons (Fsp3) is 0.667. The normalized spacial score (nSPS) is 39.5. The first-order valence-electron chi connectivity index (χ1n) is 4.07. The van der Waals surface area contributed by atoms with Gasteiger partial charge in [0.25, 0.3) is 0 Å². The second kappa shape index (κ2) is 2.36. The number of hydrogen-bond acceptors (Lipinski definition) is 2. The molecule has 2 unspecified atom stereocenters. The molecule has 2 rings (SSSR count). The van der Waals surface area contributed by atoms with Gasteiger partial charge in [0.2, 0.25) is 0 Å². The first kappa shape index (κ1) is 6.89. The Morgan fingerprint density at radius 1 is 1.45 bits per heavy atom. The lowest BCUT2D eigenvalue weighted by Gasteiger charge is -2.14. The van der Waals surface area contributed by atoms with Crippen LogP contribution in [0.2, 0.25) is 0 Å². The molecular formula is C9H12O2. The van der Waals surface area contributed by atoms with Crippen LogP contribution >= 0.6 is 0 Å². The van der Waals surface area contributed by atoms with Crippen LogP contribution in [0.5, 0.6) is 0 Å². The summed E-state index contributed by atoms with van der Waals surface area (Å²) in [5.74, 6) is 1.27. The number of ether oxygens (including phenoxy) is 1. The summed E-state index contributed by atoms with van der Waals surface area (Å²) in [6.45, 7) is 0. The number of esters is 1. The zero-order valence-corrected chi connectivity index (χ0v) is 6.62. The van der Waals surface area contributed by atoms with Gasteiger partial charge in [-0.2, -0.15) is 0 Å². The van der Waals surface area contributed by atoms with E-state index in [1.807, 2.05) is 0 Å². The molecule has 1 fully saturated rings. The summed E-state index contributed by atoms with van der Waals surface area (Å²) in [7, 11) is 1.47. The molecule has 3 atom stereocenters. The van der Waals surface area contributed by atoms with Crippen LogP contribution in [0.3, 0.4) is 0 Å². The quantitative estimate of drug-likeness (QED) is 0.419. The minimum atomic E-state index is -0.0261. The number of rotatable bonds is 1. The van der Waals surface area contributed by atoms with E-state index in [-0.39, 0.29) is 11.9 Å². The third-order valence-corrected chi connectivity index (χ3v) is 2.78.